The van der Waals surface area contributed by atoms with Crippen LogP contribution in [0.1, 0.15) is 36.9 Å². The molecule has 9 nitrogen and oxygen atoms in total. The predicted molar refractivity (Wildman–Crippen MR) is 124 cm³/mol. The number of nitrogens with one attached hydrogen (secondary N) is 1. The number of rotatable bonds is 7. The first kappa shape index (κ1) is 23.4. The number of hydrogen-bond acceptors (Lipinski definition) is 6. The number of hydrogen-bond donors (Lipinski definition) is 1. The lowest BCUT2D eigenvalue weighted by Crippen LogP contribution is -2.44. The molecule has 1 N–H and O–H groups in total. The standard InChI is InChI=1S/C25H29N3O6/c1-25(16-7-9-17(32-2)10-8-16)23(30)28(24(31)26-25)15-22(29)27-13-5-6-20(27)19-14-18(33-3)11-12-21(19)34-4/h7-12,14,20H,5-6,13,15H2,1-4H3,(H,26,31). The molecular formula is C25H29N3O6. The van der Waals surface area contributed by atoms with E-state index in [2.05, 4.69) is 5.32 Å². The third-order valence-corrected chi connectivity index (χ3v) is 6.60. The van der Waals surface area contributed by atoms with E-state index < -0.39 is 17.5 Å². The first-order valence-corrected chi connectivity index (χ1v) is 11.1. The fraction of sp³-hybridized carbons (Fsp3) is 0.400. The van der Waals surface area contributed by atoms with Crippen LogP contribution in [0.25, 0.3) is 0 Å². The Balaban J connectivity index is 1.54. The topological polar surface area (TPSA) is 97.4 Å². The molecule has 2 unspecified atom stereocenters. The van der Waals surface area contributed by atoms with Gasteiger partial charge in [0, 0.05) is 12.1 Å². The van der Waals surface area contributed by atoms with Gasteiger partial charge in [0.15, 0.2) is 0 Å². The Morgan fingerprint density at radius 2 is 1.71 bits per heavy atom. The summed E-state index contributed by atoms with van der Waals surface area (Å²) < 4.78 is 16.0. The van der Waals surface area contributed by atoms with Crippen LogP contribution in [0, 0.1) is 0 Å². The van der Waals surface area contributed by atoms with E-state index in [1.807, 2.05) is 12.1 Å². The normalized spacial score (nSPS) is 22.1. The van der Waals surface area contributed by atoms with Gasteiger partial charge in [0.25, 0.3) is 5.91 Å². The van der Waals surface area contributed by atoms with Crippen LogP contribution in [-0.2, 0) is 15.1 Å². The maximum absolute atomic E-state index is 13.3. The molecule has 2 fully saturated rings. The summed E-state index contributed by atoms with van der Waals surface area (Å²) in [4.78, 5) is 42.1. The molecule has 4 amide bonds. The van der Waals surface area contributed by atoms with Gasteiger partial charge in [-0.1, -0.05) is 12.1 Å². The molecule has 4 rings (SSSR count). The van der Waals surface area contributed by atoms with Crippen molar-refractivity contribution < 1.29 is 28.6 Å². The zero-order chi connectivity index (χ0) is 24.5. The van der Waals surface area contributed by atoms with Crippen molar-refractivity contribution in [3.8, 4) is 17.2 Å². The van der Waals surface area contributed by atoms with E-state index in [0.29, 0.717) is 29.4 Å². The maximum atomic E-state index is 13.3. The average Bonchev–Trinajstić information content (AvgIpc) is 3.43. The summed E-state index contributed by atoms with van der Waals surface area (Å²) >= 11 is 0. The van der Waals surface area contributed by atoms with Gasteiger partial charge in [0.05, 0.1) is 27.4 Å². The molecule has 0 saturated carbocycles. The van der Waals surface area contributed by atoms with Crippen molar-refractivity contribution in [3.63, 3.8) is 0 Å². The molecule has 2 atom stereocenters. The molecule has 0 bridgehead atoms. The first-order valence-electron chi connectivity index (χ1n) is 11.1. The fourth-order valence-corrected chi connectivity index (χ4v) is 4.68. The van der Waals surface area contributed by atoms with E-state index in [4.69, 9.17) is 14.2 Å². The zero-order valence-electron chi connectivity index (χ0n) is 19.8. The number of imide groups is 1. The van der Waals surface area contributed by atoms with Crippen molar-refractivity contribution in [2.75, 3.05) is 34.4 Å². The van der Waals surface area contributed by atoms with Crippen LogP contribution < -0.4 is 19.5 Å². The number of benzene rings is 2. The molecule has 0 radical (unpaired) electrons. The monoisotopic (exact) mass is 467 g/mol. The second kappa shape index (κ2) is 9.24. The van der Waals surface area contributed by atoms with Gasteiger partial charge in [-0.15, -0.1) is 0 Å². The second-order valence-corrected chi connectivity index (χ2v) is 8.53. The molecular weight excluding hydrogens is 438 g/mol. The molecule has 180 valence electrons. The van der Waals surface area contributed by atoms with Crippen LogP contribution in [0.4, 0.5) is 4.79 Å². The number of carbonyl (C=O) groups is 3. The molecule has 34 heavy (non-hydrogen) atoms. The van der Waals surface area contributed by atoms with E-state index in [1.54, 1.807) is 63.5 Å². The molecule has 2 aromatic carbocycles. The van der Waals surface area contributed by atoms with Gasteiger partial charge in [0.2, 0.25) is 5.91 Å². The van der Waals surface area contributed by atoms with Crippen molar-refractivity contribution in [1.82, 2.24) is 15.1 Å². The van der Waals surface area contributed by atoms with Gasteiger partial charge in [-0.25, -0.2) is 4.79 Å². The number of methoxy groups -OCH3 is 3. The molecule has 0 aliphatic carbocycles. The summed E-state index contributed by atoms with van der Waals surface area (Å²) in [6.07, 6.45) is 1.56. The summed E-state index contributed by atoms with van der Waals surface area (Å²) in [5, 5.41) is 2.75. The summed E-state index contributed by atoms with van der Waals surface area (Å²) in [6, 6.07) is 11.6. The predicted octanol–water partition coefficient (Wildman–Crippen LogP) is 2.84. The van der Waals surface area contributed by atoms with Crippen molar-refractivity contribution in [2.45, 2.75) is 31.3 Å². The highest BCUT2D eigenvalue weighted by Crippen LogP contribution is 2.39. The number of ether oxygens (including phenoxy) is 3. The van der Waals surface area contributed by atoms with Gasteiger partial charge in [0.1, 0.15) is 29.3 Å². The number of likely N-dealkylation sites (tertiary alicyclic amines) is 1. The Morgan fingerprint density at radius 3 is 2.35 bits per heavy atom. The quantitative estimate of drug-likeness (QED) is 0.629. The number of amides is 4. The van der Waals surface area contributed by atoms with Crippen LogP contribution in [0.3, 0.4) is 0 Å². The lowest BCUT2D eigenvalue weighted by molar-refractivity contribution is -0.139. The Bertz CT molecular complexity index is 1100. The first-order chi connectivity index (χ1) is 16.3. The summed E-state index contributed by atoms with van der Waals surface area (Å²) in [5.74, 6) is 1.21. The van der Waals surface area contributed by atoms with Crippen LogP contribution in [0.2, 0.25) is 0 Å². The third-order valence-electron chi connectivity index (χ3n) is 6.60. The Morgan fingerprint density at radius 1 is 1.03 bits per heavy atom. The van der Waals surface area contributed by atoms with Crippen molar-refractivity contribution in [3.05, 3.63) is 53.6 Å². The number of carbonyl (C=O) groups excluding carboxylic acids is 3. The van der Waals surface area contributed by atoms with Crippen molar-refractivity contribution >= 4 is 17.8 Å². The average molecular weight is 468 g/mol. The van der Waals surface area contributed by atoms with Gasteiger partial charge in [-0.2, -0.15) is 0 Å². The molecule has 2 heterocycles. The van der Waals surface area contributed by atoms with Crippen molar-refractivity contribution in [2.24, 2.45) is 0 Å². The molecule has 0 spiro atoms. The third kappa shape index (κ3) is 4.02. The molecule has 2 aromatic rings. The largest absolute Gasteiger partial charge is 0.497 e. The van der Waals surface area contributed by atoms with E-state index in [-0.39, 0.29) is 18.5 Å². The molecule has 2 saturated heterocycles. The zero-order valence-corrected chi connectivity index (χ0v) is 19.8. The van der Waals surface area contributed by atoms with Crippen LogP contribution in [0.5, 0.6) is 17.2 Å². The minimum Gasteiger partial charge on any atom is -0.497 e. The van der Waals surface area contributed by atoms with Crippen LogP contribution in [0.15, 0.2) is 42.5 Å². The minimum atomic E-state index is -1.26. The summed E-state index contributed by atoms with van der Waals surface area (Å²) in [7, 11) is 4.72. The molecule has 2 aliphatic rings. The van der Waals surface area contributed by atoms with E-state index >= 15 is 0 Å². The lowest BCUT2D eigenvalue weighted by atomic mass is 9.92. The van der Waals surface area contributed by atoms with E-state index in [0.717, 1.165) is 23.3 Å². The molecule has 0 aromatic heterocycles. The van der Waals surface area contributed by atoms with Crippen LogP contribution >= 0.6 is 0 Å². The van der Waals surface area contributed by atoms with E-state index in [9.17, 15) is 14.4 Å². The van der Waals surface area contributed by atoms with Crippen molar-refractivity contribution in [1.29, 1.82) is 0 Å². The minimum absolute atomic E-state index is 0.230. The summed E-state index contributed by atoms with van der Waals surface area (Å²) in [5.41, 5.74) is 0.194. The van der Waals surface area contributed by atoms with Gasteiger partial charge < -0.3 is 24.4 Å². The second-order valence-electron chi connectivity index (χ2n) is 8.53. The van der Waals surface area contributed by atoms with E-state index in [1.165, 1.54) is 0 Å². The number of nitrogens with zero attached hydrogens (tertiary/aromatic N) is 2. The Hall–Kier alpha value is -3.75. The van der Waals surface area contributed by atoms with Gasteiger partial charge in [-0.3, -0.25) is 14.5 Å². The van der Waals surface area contributed by atoms with Crippen LogP contribution in [-0.4, -0.2) is 62.1 Å². The highest BCUT2D eigenvalue weighted by atomic mass is 16.5. The number of urea groups is 1. The van der Waals surface area contributed by atoms with Gasteiger partial charge >= 0.3 is 6.03 Å². The Labute approximate surface area is 198 Å². The molecule has 9 heteroatoms. The fourth-order valence-electron chi connectivity index (χ4n) is 4.68. The summed E-state index contributed by atoms with van der Waals surface area (Å²) in [6.45, 7) is 1.84. The smallest absolute Gasteiger partial charge is 0.325 e. The Kier molecular flexibility index (Phi) is 6.37. The highest BCUT2D eigenvalue weighted by molar-refractivity contribution is 6.09. The van der Waals surface area contributed by atoms with Gasteiger partial charge in [-0.05, 0) is 55.7 Å². The molecule has 2 aliphatic heterocycles. The lowest BCUT2D eigenvalue weighted by Gasteiger charge is -2.28. The highest BCUT2D eigenvalue weighted by Gasteiger charge is 2.50. The SMILES string of the molecule is COc1ccc(C2(C)NC(=O)N(CC(=O)N3CCCC3c3cc(OC)ccc3OC)C2=O)cc1. The maximum Gasteiger partial charge on any atom is 0.325 e.